The minimum atomic E-state index is 0.302. The first-order chi connectivity index (χ1) is 7.85. The molecule has 1 aliphatic rings. The van der Waals surface area contributed by atoms with Crippen LogP contribution in [-0.2, 0) is 9.59 Å². The lowest BCUT2D eigenvalue weighted by molar-refractivity contribution is 0.439. The van der Waals surface area contributed by atoms with Gasteiger partial charge in [-0.05, 0) is 19.3 Å². The molecule has 0 aromatic rings. The Kier molecular flexibility index (Phi) is 10.9. The summed E-state index contributed by atoms with van der Waals surface area (Å²) in [5.74, 6) is 0. The third-order valence-corrected chi connectivity index (χ3v) is 2.50. The summed E-state index contributed by atoms with van der Waals surface area (Å²) in [6, 6.07) is 0.302. The molecular weight excluding hydrogens is 204 g/mol. The maximum atomic E-state index is 9.78. The fraction of sp³-hybridized carbons (Fsp3) is 0.833. The third kappa shape index (κ3) is 9.32. The number of hydrogen-bond donors (Lipinski definition) is 0. The van der Waals surface area contributed by atoms with E-state index in [9.17, 15) is 9.59 Å². The molecule has 4 nitrogen and oxygen atoms in total. The van der Waals surface area contributed by atoms with Crippen molar-refractivity contribution in [2.24, 2.45) is 9.98 Å². The van der Waals surface area contributed by atoms with E-state index in [4.69, 9.17) is 0 Å². The molecule has 1 aliphatic carbocycles. The first-order valence-electron chi connectivity index (χ1n) is 5.95. The number of isocyanates is 2. The monoisotopic (exact) mass is 224 g/mol. The van der Waals surface area contributed by atoms with E-state index >= 15 is 0 Å². The van der Waals surface area contributed by atoms with E-state index < -0.39 is 0 Å². The van der Waals surface area contributed by atoms with Gasteiger partial charge in [-0.25, -0.2) is 19.6 Å². The highest BCUT2D eigenvalue weighted by atomic mass is 16.1. The van der Waals surface area contributed by atoms with Gasteiger partial charge in [0.05, 0.1) is 12.6 Å². The second-order valence-corrected chi connectivity index (χ2v) is 3.84. The largest absolute Gasteiger partial charge is 0.235 e. The summed E-state index contributed by atoms with van der Waals surface area (Å²) >= 11 is 0. The van der Waals surface area contributed by atoms with Gasteiger partial charge in [0.15, 0.2) is 0 Å². The molecule has 1 fully saturated rings. The Labute approximate surface area is 96.9 Å². The minimum Gasteiger partial charge on any atom is -0.211 e. The van der Waals surface area contributed by atoms with E-state index in [1.54, 1.807) is 6.08 Å². The predicted octanol–water partition coefficient (Wildman–Crippen LogP) is 2.78. The lowest BCUT2D eigenvalue weighted by Gasteiger charge is -2.14. The number of carbonyl (C=O) groups excluding carboxylic acids is 2. The van der Waals surface area contributed by atoms with Gasteiger partial charge in [-0.15, -0.1) is 0 Å². The zero-order chi connectivity index (χ0) is 12.1. The molecule has 0 spiro atoms. The van der Waals surface area contributed by atoms with Crippen molar-refractivity contribution in [2.45, 2.75) is 57.9 Å². The first kappa shape index (κ1) is 14.8. The summed E-state index contributed by atoms with van der Waals surface area (Å²) in [6.45, 7) is 2.69. The normalized spacial score (nSPS) is 15.1. The van der Waals surface area contributed by atoms with Crippen LogP contribution in [0.15, 0.2) is 9.98 Å². The molecule has 4 heteroatoms. The second kappa shape index (κ2) is 11.8. The van der Waals surface area contributed by atoms with E-state index in [1.165, 1.54) is 25.3 Å². The van der Waals surface area contributed by atoms with E-state index in [2.05, 4.69) is 16.9 Å². The molecule has 1 rings (SSSR count). The topological polar surface area (TPSA) is 58.9 Å². The average molecular weight is 224 g/mol. The molecule has 0 aromatic carbocycles. The van der Waals surface area contributed by atoms with Crippen LogP contribution in [0.4, 0.5) is 0 Å². The summed E-state index contributed by atoms with van der Waals surface area (Å²) in [5.41, 5.74) is 0. The Morgan fingerprint density at radius 2 is 1.81 bits per heavy atom. The van der Waals surface area contributed by atoms with Crippen molar-refractivity contribution >= 4 is 12.2 Å². The first-order valence-corrected chi connectivity index (χ1v) is 5.95. The van der Waals surface area contributed by atoms with Gasteiger partial charge in [-0.3, -0.25) is 0 Å². The lowest BCUT2D eigenvalue weighted by atomic mass is 9.96. The minimum absolute atomic E-state index is 0.302. The highest BCUT2D eigenvalue weighted by Gasteiger charge is 2.10. The zero-order valence-electron chi connectivity index (χ0n) is 9.95. The number of nitrogens with zero attached hydrogens (tertiary/aromatic N) is 2. The van der Waals surface area contributed by atoms with Gasteiger partial charge < -0.3 is 0 Å². The molecule has 0 aliphatic heterocycles. The van der Waals surface area contributed by atoms with Gasteiger partial charge in [-0.2, -0.15) is 0 Å². The molecule has 0 radical (unpaired) electrons. The van der Waals surface area contributed by atoms with Gasteiger partial charge in [0.25, 0.3) is 0 Å². The molecule has 90 valence electrons. The number of unbranched alkanes of at least 4 members (excludes halogenated alkanes) is 1. The lowest BCUT2D eigenvalue weighted by Crippen LogP contribution is -2.08. The van der Waals surface area contributed by atoms with Crippen LogP contribution >= 0.6 is 0 Å². The number of rotatable bonds is 4. The fourth-order valence-corrected chi connectivity index (χ4v) is 1.57. The maximum absolute atomic E-state index is 9.78. The van der Waals surface area contributed by atoms with Crippen LogP contribution in [0.1, 0.15) is 51.9 Å². The molecule has 16 heavy (non-hydrogen) atoms. The van der Waals surface area contributed by atoms with E-state index in [-0.39, 0.29) is 0 Å². The van der Waals surface area contributed by atoms with Gasteiger partial charge in [-0.1, -0.05) is 32.6 Å². The second-order valence-electron chi connectivity index (χ2n) is 3.84. The Hall–Kier alpha value is -1.24. The average Bonchev–Trinajstić information content (AvgIpc) is 2.32. The molecule has 0 bridgehead atoms. The smallest absolute Gasteiger partial charge is 0.211 e. The maximum Gasteiger partial charge on any atom is 0.235 e. The van der Waals surface area contributed by atoms with Crippen LogP contribution < -0.4 is 0 Å². The molecule has 0 amide bonds. The van der Waals surface area contributed by atoms with Crippen molar-refractivity contribution in [3.63, 3.8) is 0 Å². The van der Waals surface area contributed by atoms with Crippen LogP contribution in [0.25, 0.3) is 0 Å². The predicted molar refractivity (Wildman–Crippen MR) is 62.9 cm³/mol. The third-order valence-electron chi connectivity index (χ3n) is 2.50. The Morgan fingerprint density at radius 3 is 2.31 bits per heavy atom. The molecule has 0 unspecified atom stereocenters. The molecule has 0 atom stereocenters. The molecule has 1 saturated carbocycles. The van der Waals surface area contributed by atoms with Gasteiger partial charge in [0.2, 0.25) is 12.2 Å². The summed E-state index contributed by atoms with van der Waals surface area (Å²) in [7, 11) is 0. The van der Waals surface area contributed by atoms with Crippen molar-refractivity contribution in [2.75, 3.05) is 6.54 Å². The van der Waals surface area contributed by atoms with Gasteiger partial charge in [0, 0.05) is 0 Å². The van der Waals surface area contributed by atoms with Crippen molar-refractivity contribution in [3.8, 4) is 0 Å². The molecule has 0 aromatic heterocycles. The molecule has 0 N–H and O–H groups in total. The molecule has 0 saturated heterocycles. The van der Waals surface area contributed by atoms with Gasteiger partial charge in [0.1, 0.15) is 0 Å². The van der Waals surface area contributed by atoms with Crippen molar-refractivity contribution in [3.05, 3.63) is 0 Å². The summed E-state index contributed by atoms with van der Waals surface area (Å²) in [6.07, 6.45) is 11.1. The van der Waals surface area contributed by atoms with Gasteiger partial charge >= 0.3 is 0 Å². The van der Waals surface area contributed by atoms with Crippen LogP contribution in [0.5, 0.6) is 0 Å². The SMILES string of the molecule is CCCCN=C=O.O=C=NC1CCCCC1. The summed E-state index contributed by atoms with van der Waals surface area (Å²) < 4.78 is 0. The fourth-order valence-electron chi connectivity index (χ4n) is 1.57. The highest BCUT2D eigenvalue weighted by molar-refractivity contribution is 5.33. The summed E-state index contributed by atoms with van der Waals surface area (Å²) in [5, 5.41) is 0. The summed E-state index contributed by atoms with van der Waals surface area (Å²) in [4.78, 5) is 26.2. The molecular formula is C12H20N2O2. The quantitative estimate of drug-likeness (QED) is 0.419. The Morgan fingerprint density at radius 1 is 1.12 bits per heavy atom. The van der Waals surface area contributed by atoms with E-state index in [0.717, 1.165) is 25.7 Å². The van der Waals surface area contributed by atoms with Crippen molar-refractivity contribution in [1.82, 2.24) is 0 Å². The van der Waals surface area contributed by atoms with Crippen LogP contribution in [0, 0.1) is 0 Å². The molecule has 0 heterocycles. The van der Waals surface area contributed by atoms with Crippen LogP contribution in [0.2, 0.25) is 0 Å². The van der Waals surface area contributed by atoms with Crippen LogP contribution in [0.3, 0.4) is 0 Å². The number of aliphatic imine (C=N–C) groups is 2. The number of hydrogen-bond acceptors (Lipinski definition) is 4. The standard InChI is InChI=1S/C7H11NO.C5H9NO/c9-6-8-7-4-2-1-3-5-7;1-2-3-4-6-5-7/h7H,1-5H2;2-4H2,1H3. The Bertz CT molecular complexity index is 248. The Balaban J connectivity index is 0.000000293. The highest BCUT2D eigenvalue weighted by Crippen LogP contribution is 2.19. The van der Waals surface area contributed by atoms with E-state index in [1.807, 2.05) is 0 Å². The van der Waals surface area contributed by atoms with E-state index in [0.29, 0.717) is 12.6 Å². The van der Waals surface area contributed by atoms with Crippen molar-refractivity contribution < 1.29 is 9.59 Å². The van der Waals surface area contributed by atoms with Crippen molar-refractivity contribution in [1.29, 1.82) is 0 Å². The zero-order valence-corrected chi connectivity index (χ0v) is 9.95. The van der Waals surface area contributed by atoms with Crippen LogP contribution in [-0.4, -0.2) is 24.7 Å².